The molecule has 0 aliphatic carbocycles. The largest absolute Gasteiger partial charge is 0.343 e. The van der Waals surface area contributed by atoms with Crippen LogP contribution in [-0.4, -0.2) is 12.6 Å². The second kappa shape index (κ2) is 8.53. The van der Waals surface area contributed by atoms with Crippen molar-refractivity contribution in [2.24, 2.45) is 0 Å². The number of carbonyl (C=O) groups is 1. The Balaban J connectivity index is 2.12. The highest BCUT2D eigenvalue weighted by molar-refractivity contribution is 5.88. The summed E-state index contributed by atoms with van der Waals surface area (Å²) in [7, 11) is 0. The van der Waals surface area contributed by atoms with Crippen LogP contribution < -0.4 is 10.8 Å². The first-order chi connectivity index (χ1) is 8.72. The summed E-state index contributed by atoms with van der Waals surface area (Å²) in [5, 5.41) is 2.70. The van der Waals surface area contributed by atoms with Gasteiger partial charge in [0, 0.05) is 5.69 Å². The zero-order valence-electron chi connectivity index (χ0n) is 11.2. The van der Waals surface area contributed by atoms with Crippen molar-refractivity contribution in [3.8, 4) is 0 Å². The lowest BCUT2D eigenvalue weighted by Gasteiger charge is -2.07. The molecule has 0 aliphatic rings. The van der Waals surface area contributed by atoms with Crippen molar-refractivity contribution in [1.82, 2.24) is 5.48 Å². The number of urea groups is 1. The summed E-state index contributed by atoms with van der Waals surface area (Å²) in [6.45, 7) is 4.72. The van der Waals surface area contributed by atoms with E-state index < -0.39 is 0 Å². The molecule has 4 nitrogen and oxygen atoms in total. The van der Waals surface area contributed by atoms with Crippen LogP contribution in [0.4, 0.5) is 10.5 Å². The summed E-state index contributed by atoms with van der Waals surface area (Å²) < 4.78 is 0. The maximum absolute atomic E-state index is 11.4. The maximum Gasteiger partial charge on any atom is 0.343 e. The Labute approximate surface area is 109 Å². The standard InChI is InChI=1S/C14H22N2O2/c1-3-4-5-6-11-18-16-14(17)15-13-9-7-12(2)8-10-13/h7-10H,3-6,11H2,1-2H3,(H2,15,16,17). The van der Waals surface area contributed by atoms with Gasteiger partial charge >= 0.3 is 6.03 Å². The molecule has 2 N–H and O–H groups in total. The predicted molar refractivity (Wildman–Crippen MR) is 73.4 cm³/mol. The van der Waals surface area contributed by atoms with E-state index in [1.54, 1.807) is 0 Å². The summed E-state index contributed by atoms with van der Waals surface area (Å²) in [6, 6.07) is 7.27. The van der Waals surface area contributed by atoms with Gasteiger partial charge in [-0.15, -0.1) is 0 Å². The van der Waals surface area contributed by atoms with Crippen molar-refractivity contribution in [2.75, 3.05) is 11.9 Å². The van der Waals surface area contributed by atoms with Crippen LogP contribution in [0, 0.1) is 6.92 Å². The smallest absolute Gasteiger partial charge is 0.306 e. The Morgan fingerprint density at radius 1 is 1.17 bits per heavy atom. The Kier molecular flexibility index (Phi) is 6.87. The lowest BCUT2D eigenvalue weighted by atomic mass is 10.2. The molecule has 1 rings (SSSR count). The van der Waals surface area contributed by atoms with Crippen molar-refractivity contribution in [1.29, 1.82) is 0 Å². The van der Waals surface area contributed by atoms with Gasteiger partial charge in [-0.2, -0.15) is 0 Å². The first-order valence-electron chi connectivity index (χ1n) is 6.48. The van der Waals surface area contributed by atoms with Crippen LogP contribution in [-0.2, 0) is 4.84 Å². The van der Waals surface area contributed by atoms with E-state index >= 15 is 0 Å². The van der Waals surface area contributed by atoms with Gasteiger partial charge in [0.05, 0.1) is 6.61 Å². The minimum absolute atomic E-state index is 0.339. The maximum atomic E-state index is 11.4. The molecule has 0 atom stereocenters. The third-order valence-corrected chi connectivity index (χ3v) is 2.57. The molecule has 0 bridgehead atoms. The topological polar surface area (TPSA) is 50.4 Å². The summed E-state index contributed by atoms with van der Waals surface area (Å²) in [5.74, 6) is 0. The Morgan fingerprint density at radius 2 is 1.89 bits per heavy atom. The molecule has 0 unspecified atom stereocenters. The molecule has 0 saturated heterocycles. The first-order valence-corrected chi connectivity index (χ1v) is 6.48. The van der Waals surface area contributed by atoms with Crippen molar-refractivity contribution in [3.63, 3.8) is 0 Å². The van der Waals surface area contributed by atoms with Gasteiger partial charge < -0.3 is 5.32 Å². The van der Waals surface area contributed by atoms with Gasteiger partial charge in [-0.3, -0.25) is 4.84 Å². The highest BCUT2D eigenvalue weighted by Gasteiger charge is 2.00. The molecule has 0 saturated carbocycles. The fourth-order valence-electron chi connectivity index (χ4n) is 1.51. The quantitative estimate of drug-likeness (QED) is 0.573. The van der Waals surface area contributed by atoms with Crippen LogP contribution in [0.25, 0.3) is 0 Å². The number of hydrogen-bond donors (Lipinski definition) is 2. The zero-order valence-corrected chi connectivity index (χ0v) is 11.2. The molecule has 0 spiro atoms. The van der Waals surface area contributed by atoms with Gasteiger partial charge in [-0.25, -0.2) is 10.3 Å². The summed E-state index contributed by atoms with van der Waals surface area (Å²) in [6.07, 6.45) is 4.51. The molecule has 0 heterocycles. The fraction of sp³-hybridized carbons (Fsp3) is 0.500. The Morgan fingerprint density at radius 3 is 2.56 bits per heavy atom. The van der Waals surface area contributed by atoms with Gasteiger partial charge in [0.2, 0.25) is 0 Å². The van der Waals surface area contributed by atoms with Crippen molar-refractivity contribution in [3.05, 3.63) is 29.8 Å². The second-order valence-electron chi connectivity index (χ2n) is 4.33. The minimum atomic E-state index is -0.339. The molecule has 18 heavy (non-hydrogen) atoms. The number of carbonyl (C=O) groups excluding carboxylic acids is 1. The predicted octanol–water partition coefficient (Wildman–Crippen LogP) is 3.63. The van der Waals surface area contributed by atoms with Crippen molar-refractivity contribution < 1.29 is 9.63 Å². The number of benzene rings is 1. The second-order valence-corrected chi connectivity index (χ2v) is 4.33. The molecule has 0 aromatic heterocycles. The molecule has 2 amide bonds. The van der Waals surface area contributed by atoms with E-state index in [0.717, 1.165) is 24.1 Å². The summed E-state index contributed by atoms with van der Waals surface area (Å²) >= 11 is 0. The van der Waals surface area contributed by atoms with Crippen LogP contribution in [0.1, 0.15) is 38.2 Å². The van der Waals surface area contributed by atoms with Crippen molar-refractivity contribution >= 4 is 11.7 Å². The van der Waals surface area contributed by atoms with E-state index in [1.165, 1.54) is 12.8 Å². The highest BCUT2D eigenvalue weighted by Crippen LogP contribution is 2.08. The molecular formula is C14H22N2O2. The van der Waals surface area contributed by atoms with Crippen molar-refractivity contribution in [2.45, 2.75) is 39.5 Å². The Bertz CT molecular complexity index is 349. The number of aryl methyl sites for hydroxylation is 1. The fourth-order valence-corrected chi connectivity index (χ4v) is 1.51. The average Bonchev–Trinajstić information content (AvgIpc) is 2.36. The molecule has 0 aliphatic heterocycles. The van der Waals surface area contributed by atoms with Gasteiger partial charge in [-0.1, -0.05) is 43.9 Å². The number of hydroxylamine groups is 1. The van der Waals surface area contributed by atoms with Gasteiger partial charge in [0.15, 0.2) is 0 Å². The Hall–Kier alpha value is -1.55. The zero-order chi connectivity index (χ0) is 13.2. The van der Waals surface area contributed by atoms with Gasteiger partial charge in [0.25, 0.3) is 0 Å². The lowest BCUT2D eigenvalue weighted by molar-refractivity contribution is 0.0632. The number of rotatable bonds is 7. The third-order valence-electron chi connectivity index (χ3n) is 2.57. The van der Waals surface area contributed by atoms with Crippen LogP contribution in [0.15, 0.2) is 24.3 Å². The normalized spacial score (nSPS) is 10.1. The minimum Gasteiger partial charge on any atom is -0.306 e. The van der Waals surface area contributed by atoms with Gasteiger partial charge in [0.1, 0.15) is 0 Å². The van der Waals surface area contributed by atoms with E-state index in [9.17, 15) is 4.79 Å². The van der Waals surface area contributed by atoms with Crippen LogP contribution in [0.5, 0.6) is 0 Å². The summed E-state index contributed by atoms with van der Waals surface area (Å²) in [5.41, 5.74) is 4.29. The van der Waals surface area contributed by atoms with E-state index in [2.05, 4.69) is 17.7 Å². The lowest BCUT2D eigenvalue weighted by Crippen LogP contribution is -2.29. The van der Waals surface area contributed by atoms with E-state index in [4.69, 9.17) is 4.84 Å². The van der Waals surface area contributed by atoms with Gasteiger partial charge in [-0.05, 0) is 25.5 Å². The number of hydrogen-bond acceptors (Lipinski definition) is 2. The SMILES string of the molecule is CCCCCCONC(=O)Nc1ccc(C)cc1. The van der Waals surface area contributed by atoms with E-state index in [1.807, 2.05) is 31.2 Å². The molecular weight excluding hydrogens is 228 g/mol. The first kappa shape index (κ1) is 14.5. The molecule has 100 valence electrons. The molecule has 4 heteroatoms. The highest BCUT2D eigenvalue weighted by atomic mass is 16.7. The number of amides is 2. The summed E-state index contributed by atoms with van der Waals surface area (Å²) in [4.78, 5) is 16.5. The molecule has 1 aromatic rings. The average molecular weight is 250 g/mol. The molecule has 0 radical (unpaired) electrons. The van der Waals surface area contributed by atoms with Crippen LogP contribution in [0.2, 0.25) is 0 Å². The monoisotopic (exact) mass is 250 g/mol. The number of nitrogens with one attached hydrogen (secondary N) is 2. The van der Waals surface area contributed by atoms with Crippen LogP contribution >= 0.6 is 0 Å². The van der Waals surface area contributed by atoms with E-state index in [0.29, 0.717) is 6.61 Å². The molecule has 1 aromatic carbocycles. The number of anilines is 1. The third kappa shape index (κ3) is 6.25. The van der Waals surface area contributed by atoms with Crippen LogP contribution in [0.3, 0.4) is 0 Å². The molecule has 0 fully saturated rings. The van der Waals surface area contributed by atoms with E-state index in [-0.39, 0.29) is 6.03 Å². The number of unbranched alkanes of at least 4 members (excludes halogenated alkanes) is 3.